The van der Waals surface area contributed by atoms with E-state index in [2.05, 4.69) is 23.9 Å². The van der Waals surface area contributed by atoms with E-state index in [-0.39, 0.29) is 0 Å². The van der Waals surface area contributed by atoms with Crippen molar-refractivity contribution in [3.05, 3.63) is 0 Å². The van der Waals surface area contributed by atoms with Crippen LogP contribution in [0.1, 0.15) is 32.1 Å². The molecule has 1 heterocycles. The second-order valence-electron chi connectivity index (χ2n) is 5.94. The van der Waals surface area contributed by atoms with Crippen molar-refractivity contribution >= 4 is 0 Å². The Hall–Kier alpha value is -0.120. The summed E-state index contributed by atoms with van der Waals surface area (Å²) in [6, 6.07) is 1.25. The van der Waals surface area contributed by atoms with E-state index in [1.165, 1.54) is 51.7 Å². The van der Waals surface area contributed by atoms with Crippen molar-refractivity contribution in [2.45, 2.75) is 44.2 Å². The lowest BCUT2D eigenvalue weighted by atomic mass is 10.0. The van der Waals surface area contributed by atoms with Gasteiger partial charge in [-0.15, -0.1) is 0 Å². The number of hydrogen-bond donors (Lipinski definition) is 1. The fraction of sp³-hybridized carbons (Fsp3) is 1.00. The van der Waals surface area contributed by atoms with Crippen molar-refractivity contribution in [1.29, 1.82) is 0 Å². The molecule has 0 aromatic carbocycles. The number of likely N-dealkylation sites (N-methyl/N-ethyl adjacent to an activating group) is 2. The predicted molar refractivity (Wildman–Crippen MR) is 68.5 cm³/mol. The molecule has 94 valence electrons. The van der Waals surface area contributed by atoms with Crippen LogP contribution in [-0.4, -0.2) is 55.6 Å². The maximum atomic E-state index is 5.97. The van der Waals surface area contributed by atoms with E-state index in [1.54, 1.807) is 0 Å². The molecule has 3 unspecified atom stereocenters. The first-order valence-corrected chi connectivity index (χ1v) is 6.79. The van der Waals surface area contributed by atoms with Crippen LogP contribution in [0.2, 0.25) is 0 Å². The number of piperidine rings is 1. The van der Waals surface area contributed by atoms with E-state index in [4.69, 9.17) is 5.73 Å². The maximum Gasteiger partial charge on any atom is 0.0220 e. The number of hydrogen-bond acceptors (Lipinski definition) is 3. The molecule has 1 aliphatic carbocycles. The van der Waals surface area contributed by atoms with Gasteiger partial charge in [-0.3, -0.25) is 0 Å². The Balaban J connectivity index is 1.76. The smallest absolute Gasteiger partial charge is 0.0220 e. The lowest BCUT2D eigenvalue weighted by Crippen LogP contribution is -2.46. The molecular formula is C13H27N3. The van der Waals surface area contributed by atoms with Crippen LogP contribution in [0.25, 0.3) is 0 Å². The van der Waals surface area contributed by atoms with Gasteiger partial charge in [-0.05, 0) is 58.7 Å². The first-order chi connectivity index (χ1) is 7.65. The van der Waals surface area contributed by atoms with Gasteiger partial charge in [0.25, 0.3) is 0 Å². The molecular weight excluding hydrogens is 198 g/mol. The van der Waals surface area contributed by atoms with Gasteiger partial charge in [0.2, 0.25) is 0 Å². The Morgan fingerprint density at radius 2 is 2.12 bits per heavy atom. The Kier molecular flexibility index (Phi) is 4.22. The standard InChI is InChI=1S/C13H27N3/c1-15-7-3-4-13(10-15)16(2)9-11-5-6-12(14)8-11/h11-13H,3-10,14H2,1-2H3. The minimum absolute atomic E-state index is 0.479. The third-order valence-electron chi connectivity index (χ3n) is 4.35. The molecule has 3 nitrogen and oxygen atoms in total. The minimum atomic E-state index is 0.479. The van der Waals surface area contributed by atoms with Gasteiger partial charge in [0, 0.05) is 25.2 Å². The Morgan fingerprint density at radius 1 is 1.31 bits per heavy atom. The summed E-state index contributed by atoms with van der Waals surface area (Å²) in [4.78, 5) is 5.05. The average molecular weight is 225 g/mol. The van der Waals surface area contributed by atoms with Crippen LogP contribution in [0.4, 0.5) is 0 Å². The number of rotatable bonds is 3. The maximum absolute atomic E-state index is 5.97. The van der Waals surface area contributed by atoms with Crippen LogP contribution >= 0.6 is 0 Å². The van der Waals surface area contributed by atoms with Gasteiger partial charge in [0.15, 0.2) is 0 Å². The van der Waals surface area contributed by atoms with Gasteiger partial charge in [0.1, 0.15) is 0 Å². The SMILES string of the molecule is CN1CCCC(N(C)CC2CCC(N)C2)C1. The van der Waals surface area contributed by atoms with E-state index in [9.17, 15) is 0 Å². The molecule has 3 heteroatoms. The number of likely N-dealkylation sites (tertiary alicyclic amines) is 1. The van der Waals surface area contributed by atoms with Crippen LogP contribution in [-0.2, 0) is 0 Å². The lowest BCUT2D eigenvalue weighted by Gasteiger charge is -2.37. The van der Waals surface area contributed by atoms with Crippen molar-refractivity contribution in [1.82, 2.24) is 9.80 Å². The first kappa shape index (κ1) is 12.3. The summed E-state index contributed by atoms with van der Waals surface area (Å²) in [6.07, 6.45) is 6.55. The molecule has 1 aliphatic heterocycles. The molecule has 1 saturated heterocycles. The zero-order valence-corrected chi connectivity index (χ0v) is 10.9. The molecule has 0 radical (unpaired) electrons. The quantitative estimate of drug-likeness (QED) is 0.782. The Bertz CT molecular complexity index is 219. The van der Waals surface area contributed by atoms with Crippen molar-refractivity contribution in [2.24, 2.45) is 11.7 Å². The van der Waals surface area contributed by atoms with Crippen LogP contribution < -0.4 is 5.73 Å². The molecule has 2 fully saturated rings. The summed E-state index contributed by atoms with van der Waals surface area (Å²) in [5.41, 5.74) is 5.97. The molecule has 0 aromatic heterocycles. The van der Waals surface area contributed by atoms with E-state index < -0.39 is 0 Å². The molecule has 0 amide bonds. The van der Waals surface area contributed by atoms with Crippen molar-refractivity contribution in [2.75, 3.05) is 33.7 Å². The van der Waals surface area contributed by atoms with Crippen LogP contribution in [0.5, 0.6) is 0 Å². The Labute approximate surface area is 100.0 Å². The van der Waals surface area contributed by atoms with Crippen molar-refractivity contribution in [3.63, 3.8) is 0 Å². The highest BCUT2D eigenvalue weighted by Gasteiger charge is 2.26. The molecule has 2 rings (SSSR count). The molecule has 0 spiro atoms. The summed E-state index contributed by atoms with van der Waals surface area (Å²) < 4.78 is 0. The molecule has 16 heavy (non-hydrogen) atoms. The topological polar surface area (TPSA) is 32.5 Å². The minimum Gasteiger partial charge on any atom is -0.328 e. The molecule has 0 aromatic rings. The van der Waals surface area contributed by atoms with Gasteiger partial charge in [-0.25, -0.2) is 0 Å². The van der Waals surface area contributed by atoms with E-state index >= 15 is 0 Å². The fourth-order valence-corrected chi connectivity index (χ4v) is 3.33. The van der Waals surface area contributed by atoms with Gasteiger partial charge in [-0.1, -0.05) is 0 Å². The summed E-state index contributed by atoms with van der Waals surface area (Å²) in [7, 11) is 4.54. The normalized spacial score (nSPS) is 37.1. The van der Waals surface area contributed by atoms with E-state index in [0.717, 1.165) is 12.0 Å². The van der Waals surface area contributed by atoms with Crippen LogP contribution in [0.15, 0.2) is 0 Å². The summed E-state index contributed by atoms with van der Waals surface area (Å²) in [5, 5.41) is 0. The largest absolute Gasteiger partial charge is 0.328 e. The third-order valence-corrected chi connectivity index (χ3v) is 4.35. The second-order valence-corrected chi connectivity index (χ2v) is 5.94. The predicted octanol–water partition coefficient (Wildman–Crippen LogP) is 1.14. The first-order valence-electron chi connectivity index (χ1n) is 6.79. The van der Waals surface area contributed by atoms with Gasteiger partial charge >= 0.3 is 0 Å². The van der Waals surface area contributed by atoms with Gasteiger partial charge < -0.3 is 15.5 Å². The van der Waals surface area contributed by atoms with E-state index in [1.807, 2.05) is 0 Å². The summed E-state index contributed by atoms with van der Waals surface area (Å²) in [6.45, 7) is 3.78. The monoisotopic (exact) mass is 225 g/mol. The third kappa shape index (κ3) is 3.19. The Morgan fingerprint density at radius 3 is 2.75 bits per heavy atom. The van der Waals surface area contributed by atoms with Gasteiger partial charge in [-0.2, -0.15) is 0 Å². The number of nitrogens with two attached hydrogens (primary N) is 1. The summed E-state index contributed by atoms with van der Waals surface area (Å²) in [5.74, 6) is 0.854. The number of nitrogens with zero attached hydrogens (tertiary/aromatic N) is 2. The molecule has 0 bridgehead atoms. The molecule has 3 atom stereocenters. The van der Waals surface area contributed by atoms with Crippen LogP contribution in [0.3, 0.4) is 0 Å². The summed E-state index contributed by atoms with van der Waals surface area (Å²) >= 11 is 0. The van der Waals surface area contributed by atoms with Crippen molar-refractivity contribution < 1.29 is 0 Å². The lowest BCUT2D eigenvalue weighted by molar-refractivity contribution is 0.120. The van der Waals surface area contributed by atoms with Gasteiger partial charge in [0.05, 0.1) is 0 Å². The highest BCUT2D eigenvalue weighted by Crippen LogP contribution is 2.26. The van der Waals surface area contributed by atoms with E-state index in [0.29, 0.717) is 6.04 Å². The second kappa shape index (κ2) is 5.48. The zero-order valence-electron chi connectivity index (χ0n) is 10.9. The average Bonchev–Trinajstić information content (AvgIpc) is 2.64. The zero-order chi connectivity index (χ0) is 11.5. The molecule has 1 saturated carbocycles. The highest BCUT2D eigenvalue weighted by atomic mass is 15.2. The van der Waals surface area contributed by atoms with Crippen LogP contribution in [0, 0.1) is 5.92 Å². The van der Waals surface area contributed by atoms with Crippen molar-refractivity contribution in [3.8, 4) is 0 Å². The fourth-order valence-electron chi connectivity index (χ4n) is 3.33. The molecule has 2 N–H and O–H groups in total. The molecule has 2 aliphatic rings. The highest BCUT2D eigenvalue weighted by molar-refractivity contribution is 4.83.